The summed E-state index contributed by atoms with van der Waals surface area (Å²) in [6, 6.07) is 17.5. The average molecular weight is 353 g/mol. The number of benzene rings is 2. The van der Waals surface area contributed by atoms with Crippen LogP contribution in [0.3, 0.4) is 0 Å². The average Bonchev–Trinajstić information content (AvgIpc) is 2.60. The van der Waals surface area contributed by atoms with Crippen LogP contribution in [-0.4, -0.2) is 18.5 Å². The van der Waals surface area contributed by atoms with Crippen LogP contribution in [0.4, 0.5) is 10.5 Å². The van der Waals surface area contributed by atoms with E-state index in [1.807, 2.05) is 42.5 Å². The second-order valence-corrected chi connectivity index (χ2v) is 6.71. The van der Waals surface area contributed by atoms with Gasteiger partial charge in [-0.2, -0.15) is 0 Å². The predicted octanol–water partition coefficient (Wildman–Crippen LogP) is 3.88. The zero-order valence-corrected chi connectivity index (χ0v) is 15.6. The summed E-state index contributed by atoms with van der Waals surface area (Å²) < 4.78 is 0. The highest BCUT2D eigenvalue weighted by Crippen LogP contribution is 2.23. The van der Waals surface area contributed by atoms with Gasteiger partial charge in [0.15, 0.2) is 0 Å². The number of nitrogens with one attached hydrogen (secondary N) is 3. The lowest BCUT2D eigenvalue weighted by atomic mass is 9.88. The standard InChI is InChI=1S/C21H27N3O2/c1-15(2)20(18-9-5-4-6-10-18)14-23-21(26)22-13-17-8-7-11-19(12-17)24-16(3)25/h4-12,15,20H,13-14H2,1-3H3,(H,24,25)(H2,22,23,26). The number of amides is 3. The largest absolute Gasteiger partial charge is 0.338 e. The van der Waals surface area contributed by atoms with Crippen molar-refractivity contribution in [3.63, 3.8) is 0 Å². The molecule has 0 saturated heterocycles. The molecule has 0 aliphatic heterocycles. The Morgan fingerprint density at radius 1 is 0.962 bits per heavy atom. The van der Waals surface area contributed by atoms with Gasteiger partial charge in [-0.05, 0) is 29.2 Å². The van der Waals surface area contributed by atoms with Crippen LogP contribution in [0.25, 0.3) is 0 Å². The molecule has 0 aromatic heterocycles. The summed E-state index contributed by atoms with van der Waals surface area (Å²) >= 11 is 0. The maximum atomic E-state index is 12.1. The summed E-state index contributed by atoms with van der Waals surface area (Å²) in [5, 5.41) is 8.56. The molecule has 2 aromatic rings. The van der Waals surface area contributed by atoms with Crippen molar-refractivity contribution in [2.24, 2.45) is 5.92 Å². The van der Waals surface area contributed by atoms with Crippen molar-refractivity contribution in [1.29, 1.82) is 0 Å². The molecule has 0 bridgehead atoms. The van der Waals surface area contributed by atoms with Gasteiger partial charge in [-0.1, -0.05) is 56.3 Å². The smallest absolute Gasteiger partial charge is 0.315 e. The minimum Gasteiger partial charge on any atom is -0.338 e. The third-order valence-electron chi connectivity index (χ3n) is 4.22. The van der Waals surface area contributed by atoms with Crippen LogP contribution in [-0.2, 0) is 11.3 Å². The van der Waals surface area contributed by atoms with Crippen LogP contribution in [0.15, 0.2) is 54.6 Å². The molecule has 0 fully saturated rings. The minimum absolute atomic E-state index is 0.117. The fourth-order valence-electron chi connectivity index (χ4n) is 2.85. The molecule has 0 aliphatic rings. The Balaban J connectivity index is 1.85. The number of urea groups is 1. The van der Waals surface area contributed by atoms with E-state index in [4.69, 9.17) is 0 Å². The molecule has 0 saturated carbocycles. The van der Waals surface area contributed by atoms with Gasteiger partial charge >= 0.3 is 6.03 Å². The van der Waals surface area contributed by atoms with Gasteiger partial charge in [0.25, 0.3) is 0 Å². The number of hydrogen-bond acceptors (Lipinski definition) is 2. The van der Waals surface area contributed by atoms with Gasteiger partial charge in [0.05, 0.1) is 0 Å². The molecule has 0 spiro atoms. The zero-order chi connectivity index (χ0) is 18.9. The first-order valence-electron chi connectivity index (χ1n) is 8.89. The second-order valence-electron chi connectivity index (χ2n) is 6.71. The van der Waals surface area contributed by atoms with Crippen molar-refractivity contribution in [2.75, 3.05) is 11.9 Å². The second kappa shape index (κ2) is 9.61. The van der Waals surface area contributed by atoms with Crippen molar-refractivity contribution < 1.29 is 9.59 Å². The number of rotatable bonds is 7. The lowest BCUT2D eigenvalue weighted by Crippen LogP contribution is -2.38. The lowest BCUT2D eigenvalue weighted by molar-refractivity contribution is -0.114. The highest BCUT2D eigenvalue weighted by Gasteiger charge is 2.16. The molecular formula is C21H27N3O2. The minimum atomic E-state index is -0.198. The van der Waals surface area contributed by atoms with E-state index in [2.05, 4.69) is 41.9 Å². The molecule has 2 aromatic carbocycles. The lowest BCUT2D eigenvalue weighted by Gasteiger charge is -2.22. The molecule has 1 unspecified atom stereocenters. The molecule has 1 atom stereocenters. The van der Waals surface area contributed by atoms with Crippen molar-refractivity contribution in [3.05, 3.63) is 65.7 Å². The Morgan fingerprint density at radius 3 is 2.35 bits per heavy atom. The van der Waals surface area contributed by atoms with Gasteiger partial charge < -0.3 is 16.0 Å². The molecule has 0 radical (unpaired) electrons. The van der Waals surface area contributed by atoms with E-state index in [0.29, 0.717) is 19.0 Å². The summed E-state index contributed by atoms with van der Waals surface area (Å²) in [7, 11) is 0. The van der Waals surface area contributed by atoms with E-state index >= 15 is 0 Å². The number of carbonyl (C=O) groups is 2. The molecule has 0 heterocycles. The maximum absolute atomic E-state index is 12.1. The quantitative estimate of drug-likeness (QED) is 0.707. The number of anilines is 1. The van der Waals surface area contributed by atoms with E-state index in [-0.39, 0.29) is 17.9 Å². The van der Waals surface area contributed by atoms with Crippen molar-refractivity contribution in [2.45, 2.75) is 33.2 Å². The molecule has 138 valence electrons. The van der Waals surface area contributed by atoms with E-state index in [1.165, 1.54) is 12.5 Å². The molecule has 0 aliphatic carbocycles. The van der Waals surface area contributed by atoms with Gasteiger partial charge in [0.2, 0.25) is 5.91 Å². The van der Waals surface area contributed by atoms with Gasteiger partial charge in [-0.3, -0.25) is 4.79 Å². The van der Waals surface area contributed by atoms with Gasteiger partial charge in [-0.15, -0.1) is 0 Å². The first kappa shape index (κ1) is 19.5. The first-order chi connectivity index (χ1) is 12.5. The van der Waals surface area contributed by atoms with E-state index in [1.54, 1.807) is 0 Å². The molecule has 2 rings (SSSR count). The Labute approximate surface area is 155 Å². The molecule has 5 nitrogen and oxygen atoms in total. The summed E-state index contributed by atoms with van der Waals surface area (Å²) in [6.07, 6.45) is 0. The van der Waals surface area contributed by atoms with Crippen LogP contribution < -0.4 is 16.0 Å². The van der Waals surface area contributed by atoms with Crippen LogP contribution in [0.2, 0.25) is 0 Å². The summed E-state index contributed by atoms with van der Waals surface area (Å²) in [6.45, 7) is 6.77. The van der Waals surface area contributed by atoms with Crippen LogP contribution in [0.1, 0.15) is 37.8 Å². The third-order valence-corrected chi connectivity index (χ3v) is 4.22. The summed E-state index contributed by atoms with van der Waals surface area (Å²) in [5.41, 5.74) is 2.88. The molecule has 26 heavy (non-hydrogen) atoms. The highest BCUT2D eigenvalue weighted by molar-refractivity contribution is 5.88. The fourth-order valence-corrected chi connectivity index (χ4v) is 2.85. The van der Waals surface area contributed by atoms with Crippen LogP contribution >= 0.6 is 0 Å². The molecular weight excluding hydrogens is 326 g/mol. The van der Waals surface area contributed by atoms with Gasteiger partial charge in [0.1, 0.15) is 0 Å². The van der Waals surface area contributed by atoms with Crippen LogP contribution in [0, 0.1) is 5.92 Å². The fraction of sp³-hybridized carbons (Fsp3) is 0.333. The Bertz CT molecular complexity index is 729. The summed E-state index contributed by atoms with van der Waals surface area (Å²) in [4.78, 5) is 23.3. The van der Waals surface area contributed by atoms with Crippen molar-refractivity contribution in [3.8, 4) is 0 Å². The normalized spacial score (nSPS) is 11.7. The number of hydrogen-bond donors (Lipinski definition) is 3. The number of carbonyl (C=O) groups excluding carboxylic acids is 2. The molecule has 5 heteroatoms. The Morgan fingerprint density at radius 2 is 1.69 bits per heavy atom. The first-order valence-corrected chi connectivity index (χ1v) is 8.89. The van der Waals surface area contributed by atoms with Gasteiger partial charge in [-0.25, -0.2) is 4.79 Å². The van der Waals surface area contributed by atoms with Gasteiger partial charge in [0, 0.05) is 31.6 Å². The maximum Gasteiger partial charge on any atom is 0.315 e. The van der Waals surface area contributed by atoms with Crippen molar-refractivity contribution >= 4 is 17.6 Å². The molecule has 3 N–H and O–H groups in total. The monoisotopic (exact) mass is 353 g/mol. The Kier molecular flexibility index (Phi) is 7.21. The zero-order valence-electron chi connectivity index (χ0n) is 15.6. The third kappa shape index (κ3) is 6.24. The summed E-state index contributed by atoms with van der Waals surface area (Å²) in [5.74, 6) is 0.575. The topological polar surface area (TPSA) is 70.2 Å². The SMILES string of the molecule is CC(=O)Nc1cccc(CNC(=O)NCC(c2ccccc2)C(C)C)c1. The van der Waals surface area contributed by atoms with E-state index in [0.717, 1.165) is 11.3 Å². The van der Waals surface area contributed by atoms with Crippen molar-refractivity contribution in [1.82, 2.24) is 10.6 Å². The highest BCUT2D eigenvalue weighted by atomic mass is 16.2. The van der Waals surface area contributed by atoms with E-state index in [9.17, 15) is 9.59 Å². The molecule has 3 amide bonds. The van der Waals surface area contributed by atoms with E-state index < -0.39 is 0 Å². The predicted molar refractivity (Wildman–Crippen MR) is 105 cm³/mol. The van der Waals surface area contributed by atoms with Crippen LogP contribution in [0.5, 0.6) is 0 Å². The Hall–Kier alpha value is -2.82.